The molecule has 3 heteroatoms. The van der Waals surface area contributed by atoms with Crippen LogP contribution in [0.4, 0.5) is 0 Å². The molecule has 3 nitrogen and oxygen atoms in total. The highest BCUT2D eigenvalue weighted by molar-refractivity contribution is 5.87. The number of ketones is 1. The maximum Gasteiger partial charge on any atom is 0.139 e. The van der Waals surface area contributed by atoms with Crippen molar-refractivity contribution in [2.75, 3.05) is 13.2 Å². The van der Waals surface area contributed by atoms with Crippen LogP contribution in [0.5, 0.6) is 0 Å². The van der Waals surface area contributed by atoms with Crippen LogP contribution in [-0.4, -0.2) is 31.2 Å². The first kappa shape index (κ1) is 18.4. The van der Waals surface area contributed by atoms with Crippen molar-refractivity contribution in [3.8, 4) is 0 Å². The number of ether oxygens (including phenoxy) is 2. The molecule has 1 heterocycles. The van der Waals surface area contributed by atoms with E-state index in [1.807, 2.05) is 0 Å². The number of fused-ring (bicyclic) bond motifs is 5. The third kappa shape index (κ3) is 2.87. The van der Waals surface area contributed by atoms with Crippen LogP contribution < -0.4 is 0 Å². The predicted molar refractivity (Wildman–Crippen MR) is 105 cm³/mol. The summed E-state index contributed by atoms with van der Waals surface area (Å²) in [6.45, 7) is 6.50. The number of allylic oxidation sites excluding steroid dienone is 1. The van der Waals surface area contributed by atoms with Crippen molar-refractivity contribution in [1.82, 2.24) is 0 Å². The summed E-state index contributed by atoms with van der Waals surface area (Å²) in [4.78, 5) is 12.6. The summed E-state index contributed by atoms with van der Waals surface area (Å²) in [7, 11) is 0. The Morgan fingerprint density at radius 3 is 2.67 bits per heavy atom. The Labute approximate surface area is 164 Å². The van der Waals surface area contributed by atoms with E-state index in [1.54, 1.807) is 5.57 Å². The van der Waals surface area contributed by atoms with E-state index < -0.39 is 0 Å². The fraction of sp³-hybridized carbons (Fsp3) is 0.875. The molecule has 0 spiro atoms. The molecule has 1 saturated heterocycles. The number of carbonyl (C=O) groups is 1. The fourth-order valence-electron chi connectivity index (χ4n) is 7.61. The molecule has 0 radical (unpaired) electrons. The van der Waals surface area contributed by atoms with E-state index in [-0.39, 0.29) is 5.41 Å². The first-order valence-corrected chi connectivity index (χ1v) is 11.5. The van der Waals surface area contributed by atoms with E-state index in [0.29, 0.717) is 29.3 Å². The Morgan fingerprint density at radius 2 is 1.85 bits per heavy atom. The third-order valence-electron chi connectivity index (χ3n) is 9.27. The van der Waals surface area contributed by atoms with Crippen LogP contribution in [-0.2, 0) is 14.3 Å². The Hall–Kier alpha value is -0.670. The number of carbonyl (C=O) groups excluding carboxylic acids is 1. The monoisotopic (exact) mass is 372 g/mol. The Morgan fingerprint density at radius 1 is 1.04 bits per heavy atom. The summed E-state index contributed by atoms with van der Waals surface area (Å²) < 4.78 is 12.1. The molecule has 0 aromatic carbocycles. The molecule has 3 saturated carbocycles. The van der Waals surface area contributed by atoms with E-state index in [4.69, 9.17) is 9.47 Å². The van der Waals surface area contributed by atoms with Crippen molar-refractivity contribution in [3.63, 3.8) is 0 Å². The highest BCUT2D eigenvalue weighted by Crippen LogP contribution is 2.64. The van der Waals surface area contributed by atoms with Gasteiger partial charge < -0.3 is 9.47 Å². The largest absolute Gasteiger partial charge is 0.379 e. The van der Waals surface area contributed by atoms with Gasteiger partial charge in [0.05, 0.1) is 18.8 Å². The van der Waals surface area contributed by atoms with Crippen LogP contribution in [0.25, 0.3) is 0 Å². The number of hydrogen-bond acceptors (Lipinski definition) is 3. The summed E-state index contributed by atoms with van der Waals surface area (Å²) in [6, 6.07) is 0. The van der Waals surface area contributed by atoms with Gasteiger partial charge in [0.15, 0.2) is 0 Å². The average molecular weight is 373 g/mol. The summed E-state index contributed by atoms with van der Waals surface area (Å²) in [6.07, 6.45) is 14.7. The number of rotatable bonds is 2. The van der Waals surface area contributed by atoms with Gasteiger partial charge in [0.25, 0.3) is 0 Å². The van der Waals surface area contributed by atoms with Gasteiger partial charge in [0.2, 0.25) is 0 Å². The second-order valence-electron chi connectivity index (χ2n) is 10.5. The molecule has 27 heavy (non-hydrogen) atoms. The smallest absolute Gasteiger partial charge is 0.139 e. The third-order valence-corrected chi connectivity index (χ3v) is 9.27. The maximum absolute atomic E-state index is 12.6. The van der Waals surface area contributed by atoms with Gasteiger partial charge in [-0.15, -0.1) is 0 Å². The van der Waals surface area contributed by atoms with Crippen molar-refractivity contribution >= 4 is 5.78 Å². The minimum absolute atomic E-state index is 0.00976. The lowest BCUT2D eigenvalue weighted by molar-refractivity contribution is -0.132. The quantitative estimate of drug-likeness (QED) is 0.634. The minimum Gasteiger partial charge on any atom is -0.379 e. The molecule has 0 bridgehead atoms. The average Bonchev–Trinajstić information content (AvgIpc) is 2.98. The topological polar surface area (TPSA) is 35.5 Å². The van der Waals surface area contributed by atoms with Gasteiger partial charge in [-0.2, -0.15) is 0 Å². The van der Waals surface area contributed by atoms with Crippen molar-refractivity contribution in [2.24, 2.45) is 28.6 Å². The minimum atomic E-state index is -0.00976. The zero-order chi connectivity index (χ0) is 18.6. The highest BCUT2D eigenvalue weighted by atomic mass is 16.5. The molecule has 1 aliphatic heterocycles. The van der Waals surface area contributed by atoms with Gasteiger partial charge in [-0.05, 0) is 81.0 Å². The van der Waals surface area contributed by atoms with Crippen molar-refractivity contribution in [1.29, 1.82) is 0 Å². The highest BCUT2D eigenvalue weighted by Gasteiger charge is 2.58. The Kier molecular flexibility index (Phi) is 4.55. The summed E-state index contributed by atoms with van der Waals surface area (Å²) in [5, 5.41) is 0. The standard InChI is InChI=1S/C24H36O3/c1-23-11-9-17(27-18-4-3-13-26-15-18)14-16(23)5-6-19-20-7-8-22(25)24(20,2)12-10-21(19)23/h5,17-21H,3-4,6-15H2,1-2H3/t17?,18?,19-,20-,21+,23-,24-/m0/s1. The van der Waals surface area contributed by atoms with Gasteiger partial charge in [-0.25, -0.2) is 0 Å². The van der Waals surface area contributed by atoms with E-state index in [0.717, 1.165) is 63.6 Å². The van der Waals surface area contributed by atoms with E-state index in [2.05, 4.69) is 19.9 Å². The molecule has 4 fully saturated rings. The lowest BCUT2D eigenvalue weighted by atomic mass is 9.48. The first-order chi connectivity index (χ1) is 13.0. The lowest BCUT2D eigenvalue weighted by Crippen LogP contribution is -2.50. The van der Waals surface area contributed by atoms with Gasteiger partial charge in [-0.1, -0.05) is 25.5 Å². The van der Waals surface area contributed by atoms with Gasteiger partial charge >= 0.3 is 0 Å². The van der Waals surface area contributed by atoms with Crippen molar-refractivity contribution in [3.05, 3.63) is 11.6 Å². The molecule has 0 amide bonds. The molecular weight excluding hydrogens is 336 g/mol. The molecule has 0 aromatic rings. The molecule has 5 aliphatic rings. The SMILES string of the molecule is C[C@]12CCC(OC3CCCOC3)CC1=CC[C@@H]1[C@H]2CC[C@]2(C)C(=O)CC[C@@H]12. The summed E-state index contributed by atoms with van der Waals surface area (Å²) >= 11 is 0. The fourth-order valence-corrected chi connectivity index (χ4v) is 7.61. The Bertz CT molecular complexity index is 634. The van der Waals surface area contributed by atoms with Crippen LogP contribution in [0.15, 0.2) is 11.6 Å². The van der Waals surface area contributed by atoms with Crippen LogP contribution in [0.2, 0.25) is 0 Å². The Balaban J connectivity index is 1.32. The van der Waals surface area contributed by atoms with E-state index in [9.17, 15) is 4.79 Å². The number of Topliss-reactive ketones (excluding diaryl/α,β-unsaturated/α-hetero) is 1. The van der Waals surface area contributed by atoms with Crippen molar-refractivity contribution in [2.45, 2.75) is 90.3 Å². The summed E-state index contributed by atoms with van der Waals surface area (Å²) in [5.74, 6) is 2.69. The molecule has 0 N–H and O–H groups in total. The van der Waals surface area contributed by atoms with Gasteiger partial charge in [0.1, 0.15) is 5.78 Å². The van der Waals surface area contributed by atoms with Crippen LogP contribution in [0.3, 0.4) is 0 Å². The second-order valence-corrected chi connectivity index (χ2v) is 10.5. The molecular formula is C24H36O3. The molecule has 4 aliphatic carbocycles. The second kappa shape index (κ2) is 6.69. The zero-order valence-corrected chi connectivity index (χ0v) is 17.2. The lowest BCUT2D eigenvalue weighted by Gasteiger charge is -2.57. The molecule has 7 atom stereocenters. The molecule has 2 unspecified atom stereocenters. The van der Waals surface area contributed by atoms with E-state index in [1.165, 1.54) is 25.7 Å². The zero-order valence-electron chi connectivity index (χ0n) is 17.2. The maximum atomic E-state index is 12.6. The van der Waals surface area contributed by atoms with Gasteiger partial charge in [-0.3, -0.25) is 4.79 Å². The van der Waals surface area contributed by atoms with Crippen molar-refractivity contribution < 1.29 is 14.3 Å². The molecule has 0 aromatic heterocycles. The van der Waals surface area contributed by atoms with Gasteiger partial charge in [0, 0.05) is 18.4 Å². The first-order valence-electron chi connectivity index (χ1n) is 11.5. The van der Waals surface area contributed by atoms with Crippen LogP contribution in [0.1, 0.15) is 78.1 Å². The predicted octanol–water partition coefficient (Wildman–Crippen LogP) is 5.08. The normalized spacial score (nSPS) is 49.8. The molecule has 150 valence electrons. The van der Waals surface area contributed by atoms with E-state index >= 15 is 0 Å². The number of hydrogen-bond donors (Lipinski definition) is 0. The summed E-state index contributed by atoms with van der Waals surface area (Å²) in [5.41, 5.74) is 2.01. The van der Waals surface area contributed by atoms with Crippen LogP contribution in [0, 0.1) is 28.6 Å². The van der Waals surface area contributed by atoms with Crippen LogP contribution >= 0.6 is 0 Å². The molecule has 5 rings (SSSR count).